The number of benzene rings is 1. The molecule has 1 fully saturated rings. The number of nitrogens with zero attached hydrogens (tertiary/aromatic N) is 1. The van der Waals surface area contributed by atoms with Gasteiger partial charge in [-0.05, 0) is 68.0 Å². The average Bonchev–Trinajstić information content (AvgIpc) is 2.48. The molecule has 3 nitrogen and oxygen atoms in total. The first-order valence-electron chi connectivity index (χ1n) is 7.85. The molecule has 1 aromatic carbocycles. The van der Waals surface area contributed by atoms with E-state index in [1.165, 1.54) is 43.5 Å². The highest BCUT2D eigenvalue weighted by Gasteiger charge is 2.19. The Hall–Kier alpha value is -1.06. The number of piperidine rings is 1. The average molecular weight is 276 g/mol. The van der Waals surface area contributed by atoms with E-state index in [9.17, 15) is 0 Å². The van der Waals surface area contributed by atoms with Crippen molar-refractivity contribution in [2.45, 2.75) is 39.2 Å². The first kappa shape index (κ1) is 15.3. The first-order chi connectivity index (χ1) is 9.76. The van der Waals surface area contributed by atoms with E-state index in [4.69, 9.17) is 10.5 Å². The molecular weight excluding hydrogens is 248 g/mol. The van der Waals surface area contributed by atoms with Crippen molar-refractivity contribution in [1.82, 2.24) is 4.90 Å². The molecule has 1 heterocycles. The zero-order valence-electron chi connectivity index (χ0n) is 12.9. The third-order valence-electron chi connectivity index (χ3n) is 4.37. The van der Waals surface area contributed by atoms with Crippen LogP contribution in [-0.4, -0.2) is 31.6 Å². The molecule has 2 rings (SSSR count). The number of methoxy groups -OCH3 is 1. The van der Waals surface area contributed by atoms with E-state index in [-0.39, 0.29) is 0 Å². The van der Waals surface area contributed by atoms with Crippen molar-refractivity contribution in [3.05, 3.63) is 29.3 Å². The van der Waals surface area contributed by atoms with Gasteiger partial charge < -0.3 is 10.5 Å². The zero-order valence-corrected chi connectivity index (χ0v) is 12.9. The van der Waals surface area contributed by atoms with Gasteiger partial charge in [0, 0.05) is 13.1 Å². The smallest absolute Gasteiger partial charge is 0.119 e. The monoisotopic (exact) mass is 276 g/mol. The normalized spacial score (nSPS) is 20.1. The number of nitrogens with two attached hydrogens (primary N) is 1. The van der Waals surface area contributed by atoms with Crippen LogP contribution >= 0.6 is 0 Å². The highest BCUT2D eigenvalue weighted by atomic mass is 16.5. The molecule has 1 aromatic rings. The Morgan fingerprint density at radius 3 is 2.90 bits per heavy atom. The predicted molar refractivity (Wildman–Crippen MR) is 84.0 cm³/mol. The lowest BCUT2D eigenvalue weighted by Crippen LogP contribution is -2.35. The fourth-order valence-electron chi connectivity index (χ4n) is 3.22. The number of ether oxygens (including phenoxy) is 1. The summed E-state index contributed by atoms with van der Waals surface area (Å²) in [6.07, 6.45) is 4.88. The Balaban J connectivity index is 2.01. The standard InChI is InChI=1S/C17H28N2O/c1-3-15-11-17(20-2)7-6-16(15)13-19-10-4-5-14(12-19)8-9-18/h6-7,11,14H,3-5,8-10,12-13,18H2,1-2H3. The molecule has 0 bridgehead atoms. The van der Waals surface area contributed by atoms with Crippen LogP contribution in [0.4, 0.5) is 0 Å². The maximum Gasteiger partial charge on any atom is 0.119 e. The molecule has 0 saturated carbocycles. The summed E-state index contributed by atoms with van der Waals surface area (Å²) in [5, 5.41) is 0. The van der Waals surface area contributed by atoms with Gasteiger partial charge in [-0.15, -0.1) is 0 Å². The van der Waals surface area contributed by atoms with Crippen LogP contribution in [0.2, 0.25) is 0 Å². The van der Waals surface area contributed by atoms with Crippen LogP contribution in [0.15, 0.2) is 18.2 Å². The van der Waals surface area contributed by atoms with Crippen molar-refractivity contribution in [3.8, 4) is 5.75 Å². The molecule has 1 saturated heterocycles. The molecule has 0 aromatic heterocycles. The van der Waals surface area contributed by atoms with Crippen LogP contribution in [-0.2, 0) is 13.0 Å². The number of rotatable bonds is 6. The van der Waals surface area contributed by atoms with Gasteiger partial charge in [-0.1, -0.05) is 13.0 Å². The molecule has 1 aliphatic rings. The highest BCUT2D eigenvalue weighted by Crippen LogP contribution is 2.24. The molecule has 2 N–H and O–H groups in total. The van der Waals surface area contributed by atoms with Gasteiger partial charge in [0.15, 0.2) is 0 Å². The quantitative estimate of drug-likeness (QED) is 0.868. The Kier molecular flexibility index (Phi) is 5.86. The molecule has 0 amide bonds. The molecule has 0 spiro atoms. The maximum absolute atomic E-state index is 5.70. The van der Waals surface area contributed by atoms with Crippen LogP contribution in [0, 0.1) is 5.92 Å². The lowest BCUT2D eigenvalue weighted by molar-refractivity contribution is 0.162. The minimum absolute atomic E-state index is 0.789. The van der Waals surface area contributed by atoms with Crippen LogP contribution in [0.5, 0.6) is 5.75 Å². The SMILES string of the molecule is CCc1cc(OC)ccc1CN1CCCC(CCN)C1. The van der Waals surface area contributed by atoms with Crippen LogP contribution in [0.25, 0.3) is 0 Å². The summed E-state index contributed by atoms with van der Waals surface area (Å²) < 4.78 is 5.32. The number of likely N-dealkylation sites (tertiary alicyclic amines) is 1. The minimum atomic E-state index is 0.789. The second kappa shape index (κ2) is 7.65. The Labute approximate surface area is 123 Å². The van der Waals surface area contributed by atoms with Gasteiger partial charge in [0.2, 0.25) is 0 Å². The first-order valence-corrected chi connectivity index (χ1v) is 7.85. The van der Waals surface area contributed by atoms with E-state index in [1.807, 2.05) is 0 Å². The molecule has 1 aliphatic heterocycles. The summed E-state index contributed by atoms with van der Waals surface area (Å²) in [7, 11) is 1.73. The number of hydrogen-bond acceptors (Lipinski definition) is 3. The Bertz CT molecular complexity index is 417. The summed E-state index contributed by atoms with van der Waals surface area (Å²) >= 11 is 0. The van der Waals surface area contributed by atoms with Crippen molar-refractivity contribution in [1.29, 1.82) is 0 Å². The number of aryl methyl sites for hydroxylation is 1. The molecule has 0 aliphatic carbocycles. The van der Waals surface area contributed by atoms with Gasteiger partial charge in [-0.2, -0.15) is 0 Å². The third kappa shape index (κ3) is 3.97. The Morgan fingerprint density at radius 1 is 1.35 bits per heavy atom. The van der Waals surface area contributed by atoms with E-state index in [0.29, 0.717) is 0 Å². The fourth-order valence-corrected chi connectivity index (χ4v) is 3.22. The van der Waals surface area contributed by atoms with Crippen molar-refractivity contribution in [2.75, 3.05) is 26.7 Å². The van der Waals surface area contributed by atoms with E-state index in [0.717, 1.165) is 31.2 Å². The van der Waals surface area contributed by atoms with Crippen LogP contribution in [0.3, 0.4) is 0 Å². The fraction of sp³-hybridized carbons (Fsp3) is 0.647. The van der Waals surface area contributed by atoms with Gasteiger partial charge in [0.05, 0.1) is 7.11 Å². The van der Waals surface area contributed by atoms with E-state index >= 15 is 0 Å². The summed E-state index contributed by atoms with van der Waals surface area (Å²) in [5.41, 5.74) is 8.56. The van der Waals surface area contributed by atoms with Crippen molar-refractivity contribution in [2.24, 2.45) is 11.7 Å². The highest BCUT2D eigenvalue weighted by molar-refractivity contribution is 5.35. The van der Waals surface area contributed by atoms with Crippen molar-refractivity contribution < 1.29 is 4.74 Å². The lowest BCUT2D eigenvalue weighted by Gasteiger charge is -2.33. The summed E-state index contributed by atoms with van der Waals surface area (Å²) in [6, 6.07) is 6.48. The largest absolute Gasteiger partial charge is 0.497 e. The summed E-state index contributed by atoms with van der Waals surface area (Å²) in [5.74, 6) is 1.75. The molecule has 20 heavy (non-hydrogen) atoms. The van der Waals surface area contributed by atoms with Crippen molar-refractivity contribution >= 4 is 0 Å². The van der Waals surface area contributed by atoms with E-state index in [1.54, 1.807) is 7.11 Å². The second-order valence-corrected chi connectivity index (χ2v) is 5.81. The topological polar surface area (TPSA) is 38.5 Å². The molecule has 112 valence electrons. The predicted octanol–water partition coefficient (Wildman–Crippen LogP) is 2.82. The van der Waals surface area contributed by atoms with Gasteiger partial charge >= 0.3 is 0 Å². The number of hydrogen-bond donors (Lipinski definition) is 1. The zero-order chi connectivity index (χ0) is 14.4. The van der Waals surface area contributed by atoms with Gasteiger partial charge in [0.25, 0.3) is 0 Å². The van der Waals surface area contributed by atoms with Crippen LogP contribution in [0.1, 0.15) is 37.3 Å². The molecule has 0 radical (unpaired) electrons. The van der Waals surface area contributed by atoms with E-state index < -0.39 is 0 Å². The van der Waals surface area contributed by atoms with Crippen LogP contribution < -0.4 is 10.5 Å². The second-order valence-electron chi connectivity index (χ2n) is 5.81. The Morgan fingerprint density at radius 2 is 2.20 bits per heavy atom. The van der Waals surface area contributed by atoms with Gasteiger partial charge in [-0.3, -0.25) is 4.90 Å². The minimum Gasteiger partial charge on any atom is -0.497 e. The summed E-state index contributed by atoms with van der Waals surface area (Å²) in [4.78, 5) is 2.59. The van der Waals surface area contributed by atoms with Crippen molar-refractivity contribution in [3.63, 3.8) is 0 Å². The van der Waals surface area contributed by atoms with Gasteiger partial charge in [-0.25, -0.2) is 0 Å². The molecule has 1 atom stereocenters. The molecule has 3 heteroatoms. The molecule has 1 unspecified atom stereocenters. The maximum atomic E-state index is 5.70. The van der Waals surface area contributed by atoms with Gasteiger partial charge in [0.1, 0.15) is 5.75 Å². The molecular formula is C17H28N2O. The van der Waals surface area contributed by atoms with E-state index in [2.05, 4.69) is 30.0 Å². The lowest BCUT2D eigenvalue weighted by atomic mass is 9.94. The third-order valence-corrected chi connectivity index (χ3v) is 4.37. The summed E-state index contributed by atoms with van der Waals surface area (Å²) in [6.45, 7) is 6.52.